The fourth-order valence-corrected chi connectivity index (χ4v) is 3.22. The third-order valence-electron chi connectivity index (χ3n) is 4.55. The SMILES string of the molecule is COc1ccc2cc([C@H]3CN(c4ncccc4F)CCO3)ccc2c1. The van der Waals surface area contributed by atoms with Gasteiger partial charge in [0.25, 0.3) is 0 Å². The van der Waals surface area contributed by atoms with Gasteiger partial charge in [0.2, 0.25) is 0 Å². The number of methoxy groups -OCH3 is 1. The van der Waals surface area contributed by atoms with Crippen molar-refractivity contribution < 1.29 is 13.9 Å². The van der Waals surface area contributed by atoms with Crippen LogP contribution in [0.5, 0.6) is 5.75 Å². The van der Waals surface area contributed by atoms with Gasteiger partial charge in [0.1, 0.15) is 11.9 Å². The molecule has 4 rings (SSSR count). The molecule has 0 aliphatic carbocycles. The molecular formula is C20H19FN2O2. The highest BCUT2D eigenvalue weighted by atomic mass is 19.1. The van der Waals surface area contributed by atoms with Gasteiger partial charge in [-0.3, -0.25) is 0 Å². The molecule has 0 amide bonds. The van der Waals surface area contributed by atoms with E-state index >= 15 is 0 Å². The van der Waals surface area contributed by atoms with Gasteiger partial charge in [-0.1, -0.05) is 18.2 Å². The number of hydrogen-bond donors (Lipinski definition) is 0. The maximum atomic E-state index is 14.0. The molecule has 2 heterocycles. The fourth-order valence-electron chi connectivity index (χ4n) is 3.22. The van der Waals surface area contributed by atoms with Crippen LogP contribution in [0.1, 0.15) is 11.7 Å². The largest absolute Gasteiger partial charge is 0.497 e. The predicted molar refractivity (Wildman–Crippen MR) is 95.6 cm³/mol. The second-order valence-corrected chi connectivity index (χ2v) is 6.09. The third-order valence-corrected chi connectivity index (χ3v) is 4.55. The molecular weight excluding hydrogens is 319 g/mol. The minimum atomic E-state index is -0.297. The quantitative estimate of drug-likeness (QED) is 0.724. The van der Waals surface area contributed by atoms with E-state index in [0.717, 1.165) is 22.1 Å². The number of halogens is 1. The molecule has 128 valence electrons. The maximum Gasteiger partial charge on any atom is 0.165 e. The van der Waals surface area contributed by atoms with Crippen molar-refractivity contribution in [2.24, 2.45) is 0 Å². The van der Waals surface area contributed by atoms with Gasteiger partial charge in [-0.05, 0) is 46.7 Å². The summed E-state index contributed by atoms with van der Waals surface area (Å²) in [4.78, 5) is 6.13. The second kappa shape index (κ2) is 6.69. The summed E-state index contributed by atoms with van der Waals surface area (Å²) in [5, 5.41) is 2.24. The van der Waals surface area contributed by atoms with Crippen LogP contribution in [-0.4, -0.2) is 31.8 Å². The van der Waals surface area contributed by atoms with Crippen molar-refractivity contribution in [1.82, 2.24) is 4.98 Å². The van der Waals surface area contributed by atoms with Crippen molar-refractivity contribution in [3.63, 3.8) is 0 Å². The molecule has 0 unspecified atom stereocenters. The van der Waals surface area contributed by atoms with Crippen molar-refractivity contribution in [3.05, 3.63) is 66.1 Å². The Bertz CT molecular complexity index is 900. The van der Waals surface area contributed by atoms with Gasteiger partial charge in [-0.2, -0.15) is 0 Å². The molecule has 0 N–H and O–H groups in total. The number of hydrogen-bond acceptors (Lipinski definition) is 4. The monoisotopic (exact) mass is 338 g/mol. The Labute approximate surface area is 145 Å². The number of ether oxygens (including phenoxy) is 2. The van der Waals surface area contributed by atoms with E-state index < -0.39 is 0 Å². The summed E-state index contributed by atoms with van der Waals surface area (Å²) in [6.07, 6.45) is 1.51. The van der Waals surface area contributed by atoms with Crippen LogP contribution < -0.4 is 9.64 Å². The zero-order chi connectivity index (χ0) is 17.2. The summed E-state index contributed by atoms with van der Waals surface area (Å²) in [5.41, 5.74) is 1.08. The topological polar surface area (TPSA) is 34.6 Å². The highest BCUT2D eigenvalue weighted by Crippen LogP contribution is 2.29. The molecule has 5 heteroatoms. The molecule has 2 aromatic carbocycles. The van der Waals surface area contributed by atoms with Crippen molar-refractivity contribution in [2.75, 3.05) is 31.7 Å². The number of rotatable bonds is 3. The van der Waals surface area contributed by atoms with Gasteiger partial charge < -0.3 is 14.4 Å². The Morgan fingerprint density at radius 1 is 1.16 bits per heavy atom. The summed E-state index contributed by atoms with van der Waals surface area (Å²) >= 11 is 0. The third kappa shape index (κ3) is 3.15. The lowest BCUT2D eigenvalue weighted by molar-refractivity contribution is 0.0394. The van der Waals surface area contributed by atoms with Gasteiger partial charge in [-0.15, -0.1) is 0 Å². The van der Waals surface area contributed by atoms with Crippen molar-refractivity contribution in [3.8, 4) is 5.75 Å². The highest BCUT2D eigenvalue weighted by Gasteiger charge is 2.24. The first kappa shape index (κ1) is 15.8. The molecule has 1 aromatic heterocycles. The van der Waals surface area contributed by atoms with E-state index in [1.807, 2.05) is 23.1 Å². The molecule has 3 aromatic rings. The lowest BCUT2D eigenvalue weighted by Crippen LogP contribution is -2.39. The Kier molecular flexibility index (Phi) is 4.24. The van der Waals surface area contributed by atoms with Crippen LogP contribution in [0.15, 0.2) is 54.7 Å². The molecule has 4 nitrogen and oxygen atoms in total. The molecule has 25 heavy (non-hydrogen) atoms. The fraction of sp³-hybridized carbons (Fsp3) is 0.250. The van der Waals surface area contributed by atoms with E-state index in [1.54, 1.807) is 19.4 Å². The summed E-state index contributed by atoms with van der Waals surface area (Å²) in [7, 11) is 1.66. The molecule has 1 aliphatic rings. The number of aromatic nitrogens is 1. The second-order valence-electron chi connectivity index (χ2n) is 6.09. The number of nitrogens with zero attached hydrogens (tertiary/aromatic N) is 2. The molecule has 0 saturated carbocycles. The van der Waals surface area contributed by atoms with Gasteiger partial charge in [0.15, 0.2) is 11.6 Å². The van der Waals surface area contributed by atoms with Gasteiger partial charge >= 0.3 is 0 Å². The van der Waals surface area contributed by atoms with Crippen molar-refractivity contribution in [1.29, 1.82) is 0 Å². The van der Waals surface area contributed by atoms with E-state index in [0.29, 0.717) is 25.5 Å². The molecule has 1 fully saturated rings. The molecule has 0 bridgehead atoms. The van der Waals surface area contributed by atoms with Gasteiger partial charge in [-0.25, -0.2) is 9.37 Å². The molecule has 0 spiro atoms. The molecule has 1 saturated heterocycles. The van der Waals surface area contributed by atoms with Crippen LogP contribution in [0.2, 0.25) is 0 Å². The summed E-state index contributed by atoms with van der Waals surface area (Å²) in [5.74, 6) is 0.932. The van der Waals surface area contributed by atoms with E-state index in [9.17, 15) is 4.39 Å². The first-order valence-corrected chi connectivity index (χ1v) is 8.29. The van der Waals surface area contributed by atoms with Crippen LogP contribution in [0.25, 0.3) is 10.8 Å². The first-order chi connectivity index (χ1) is 12.2. The minimum absolute atomic E-state index is 0.110. The van der Waals surface area contributed by atoms with E-state index in [-0.39, 0.29) is 11.9 Å². The number of benzene rings is 2. The van der Waals surface area contributed by atoms with Crippen LogP contribution in [-0.2, 0) is 4.74 Å². The molecule has 1 atom stereocenters. The van der Waals surface area contributed by atoms with Gasteiger partial charge in [0.05, 0.1) is 13.7 Å². The Morgan fingerprint density at radius 3 is 2.84 bits per heavy atom. The molecule has 1 aliphatic heterocycles. The van der Waals surface area contributed by atoms with E-state index in [2.05, 4.69) is 23.2 Å². The van der Waals surface area contributed by atoms with Crippen LogP contribution >= 0.6 is 0 Å². The number of fused-ring (bicyclic) bond motifs is 1. The smallest absolute Gasteiger partial charge is 0.165 e. The Morgan fingerprint density at radius 2 is 2.00 bits per heavy atom. The van der Waals surface area contributed by atoms with E-state index in [4.69, 9.17) is 9.47 Å². The van der Waals surface area contributed by atoms with Crippen molar-refractivity contribution >= 4 is 16.6 Å². The molecule has 0 radical (unpaired) electrons. The number of pyridine rings is 1. The van der Waals surface area contributed by atoms with Crippen LogP contribution in [0, 0.1) is 5.82 Å². The Hall–Kier alpha value is -2.66. The summed E-state index contributed by atoms with van der Waals surface area (Å²) in [6.45, 7) is 1.76. The Balaban J connectivity index is 1.61. The zero-order valence-electron chi connectivity index (χ0n) is 14.0. The minimum Gasteiger partial charge on any atom is -0.497 e. The van der Waals surface area contributed by atoms with Crippen LogP contribution in [0.3, 0.4) is 0 Å². The average Bonchev–Trinajstić information content (AvgIpc) is 2.67. The van der Waals surface area contributed by atoms with Crippen molar-refractivity contribution in [2.45, 2.75) is 6.10 Å². The summed E-state index contributed by atoms with van der Waals surface area (Å²) in [6, 6.07) is 15.3. The van der Waals surface area contributed by atoms with E-state index in [1.165, 1.54) is 6.07 Å². The lowest BCUT2D eigenvalue weighted by atomic mass is 10.0. The normalized spacial score (nSPS) is 17.7. The maximum absolute atomic E-state index is 14.0. The summed E-state index contributed by atoms with van der Waals surface area (Å²) < 4.78 is 25.2. The number of morpholine rings is 1. The standard InChI is InChI=1S/C20H19FN2O2/c1-24-17-7-6-14-11-16(5-4-15(14)12-17)19-13-23(9-10-25-19)20-18(21)3-2-8-22-20/h2-8,11-12,19H,9-10,13H2,1H3/t19-/m1/s1. The number of anilines is 1. The first-order valence-electron chi connectivity index (χ1n) is 8.29. The van der Waals surface area contributed by atoms with Gasteiger partial charge in [0, 0.05) is 19.3 Å². The lowest BCUT2D eigenvalue weighted by Gasteiger charge is -2.34. The highest BCUT2D eigenvalue weighted by molar-refractivity contribution is 5.84. The average molecular weight is 338 g/mol. The zero-order valence-corrected chi connectivity index (χ0v) is 14.0. The predicted octanol–water partition coefficient (Wildman–Crippen LogP) is 3.96. The van der Waals surface area contributed by atoms with Crippen LogP contribution in [0.4, 0.5) is 10.2 Å².